The van der Waals surface area contributed by atoms with E-state index in [1.54, 1.807) is 6.20 Å². The van der Waals surface area contributed by atoms with Crippen LogP contribution in [0.3, 0.4) is 0 Å². The summed E-state index contributed by atoms with van der Waals surface area (Å²) < 4.78 is 3.75. The van der Waals surface area contributed by atoms with Gasteiger partial charge >= 0.3 is 5.69 Å². The molecule has 1 aromatic carbocycles. The van der Waals surface area contributed by atoms with E-state index in [0.717, 1.165) is 53.6 Å². The number of fused-ring (bicyclic) bond motifs is 2. The summed E-state index contributed by atoms with van der Waals surface area (Å²) in [5, 5.41) is 1.10. The van der Waals surface area contributed by atoms with Crippen LogP contribution < -0.4 is 5.69 Å². The summed E-state index contributed by atoms with van der Waals surface area (Å²) in [6, 6.07) is 11.9. The molecule has 1 atom stereocenters. The molecule has 2 aliphatic rings. The average molecular weight is 430 g/mol. The molecule has 0 bridgehead atoms. The van der Waals surface area contributed by atoms with Gasteiger partial charge in [0.2, 0.25) is 5.91 Å². The summed E-state index contributed by atoms with van der Waals surface area (Å²) in [6.45, 7) is 2.06. The Bertz CT molecular complexity index is 1360. The Balaban J connectivity index is 1.27. The molecule has 1 amide bonds. The highest BCUT2D eigenvalue weighted by molar-refractivity contribution is 5.89. The third-order valence-corrected chi connectivity index (χ3v) is 6.99. The van der Waals surface area contributed by atoms with Crippen molar-refractivity contribution in [1.82, 2.24) is 24.0 Å². The number of aromatic nitrogens is 4. The van der Waals surface area contributed by atoms with Gasteiger partial charge in [0.15, 0.2) is 5.65 Å². The molecule has 2 fully saturated rings. The minimum absolute atomic E-state index is 0.0153. The summed E-state index contributed by atoms with van der Waals surface area (Å²) in [5.41, 5.74) is 3.74. The zero-order valence-corrected chi connectivity index (χ0v) is 18.0. The van der Waals surface area contributed by atoms with Crippen molar-refractivity contribution in [2.24, 2.45) is 5.92 Å². The van der Waals surface area contributed by atoms with Crippen LogP contribution in [0.15, 0.2) is 53.6 Å². The molecule has 164 valence electrons. The van der Waals surface area contributed by atoms with Crippen LogP contribution in [0.4, 0.5) is 0 Å². The number of hydrogen-bond donors (Lipinski definition) is 1. The molecule has 0 radical (unpaired) electrons. The molecule has 6 rings (SSSR count). The number of likely N-dealkylation sites (tertiary alicyclic amines) is 1. The minimum atomic E-state index is -0.0407. The SMILES string of the molecule is O=C(Cc1c[nH]c2ccccc12)N1CCC[C@H](n2c(=O)n(CC3CC3)c3cccnc32)C1. The van der Waals surface area contributed by atoms with E-state index in [0.29, 0.717) is 18.9 Å². The van der Waals surface area contributed by atoms with E-state index in [1.165, 1.54) is 12.8 Å². The molecule has 1 N–H and O–H groups in total. The maximum Gasteiger partial charge on any atom is 0.330 e. The van der Waals surface area contributed by atoms with Gasteiger partial charge in [-0.25, -0.2) is 9.78 Å². The molecule has 4 aromatic rings. The number of amides is 1. The number of nitrogens with zero attached hydrogens (tertiary/aromatic N) is 4. The fraction of sp³-hybridized carbons (Fsp3) is 0.400. The van der Waals surface area contributed by atoms with Crippen LogP contribution in [0.25, 0.3) is 22.1 Å². The Kier molecular flexibility index (Phi) is 4.63. The number of benzene rings is 1. The summed E-state index contributed by atoms with van der Waals surface area (Å²) in [7, 11) is 0. The van der Waals surface area contributed by atoms with Gasteiger partial charge in [0.05, 0.1) is 18.0 Å². The van der Waals surface area contributed by atoms with Gasteiger partial charge in [0.1, 0.15) is 0 Å². The number of carbonyl (C=O) groups is 1. The highest BCUT2D eigenvalue weighted by Crippen LogP contribution is 2.32. The van der Waals surface area contributed by atoms with Gasteiger partial charge in [0.25, 0.3) is 0 Å². The Morgan fingerprint density at radius 2 is 2.00 bits per heavy atom. The molecule has 32 heavy (non-hydrogen) atoms. The first-order valence-electron chi connectivity index (χ1n) is 11.6. The number of H-pyrrole nitrogens is 1. The zero-order chi connectivity index (χ0) is 21.7. The van der Waals surface area contributed by atoms with Crippen LogP contribution in [-0.4, -0.2) is 43.0 Å². The number of carbonyl (C=O) groups excluding carboxylic acids is 1. The van der Waals surface area contributed by atoms with E-state index < -0.39 is 0 Å². The molecule has 3 aromatic heterocycles. The summed E-state index contributed by atoms with van der Waals surface area (Å²) in [6.07, 6.45) is 8.21. The first kappa shape index (κ1) is 19.3. The Morgan fingerprint density at radius 3 is 2.88 bits per heavy atom. The van der Waals surface area contributed by atoms with Gasteiger partial charge in [-0.2, -0.15) is 0 Å². The van der Waals surface area contributed by atoms with Crippen LogP contribution in [0.5, 0.6) is 0 Å². The molecule has 1 aliphatic heterocycles. The monoisotopic (exact) mass is 429 g/mol. The van der Waals surface area contributed by atoms with Gasteiger partial charge in [-0.3, -0.25) is 13.9 Å². The minimum Gasteiger partial charge on any atom is -0.361 e. The lowest BCUT2D eigenvalue weighted by Gasteiger charge is -2.33. The van der Waals surface area contributed by atoms with Crippen LogP contribution >= 0.6 is 0 Å². The lowest BCUT2D eigenvalue weighted by atomic mass is 10.0. The van der Waals surface area contributed by atoms with Gasteiger partial charge < -0.3 is 9.88 Å². The molecule has 1 saturated heterocycles. The third kappa shape index (κ3) is 3.32. The summed E-state index contributed by atoms with van der Waals surface area (Å²) in [4.78, 5) is 36.4. The van der Waals surface area contributed by atoms with Crippen molar-refractivity contribution in [2.45, 2.75) is 44.7 Å². The Hall–Kier alpha value is -3.35. The quantitative estimate of drug-likeness (QED) is 0.528. The lowest BCUT2D eigenvalue weighted by Crippen LogP contribution is -2.43. The number of aromatic amines is 1. The zero-order valence-electron chi connectivity index (χ0n) is 18.0. The van der Waals surface area contributed by atoms with Crippen molar-refractivity contribution in [3.63, 3.8) is 0 Å². The van der Waals surface area contributed by atoms with Gasteiger partial charge in [-0.1, -0.05) is 18.2 Å². The molecule has 0 spiro atoms. The van der Waals surface area contributed by atoms with E-state index >= 15 is 0 Å². The molecular formula is C25H27N5O2. The molecule has 0 unspecified atom stereocenters. The smallest absolute Gasteiger partial charge is 0.330 e. The van der Waals surface area contributed by atoms with Crippen LogP contribution in [-0.2, 0) is 17.8 Å². The second-order valence-corrected chi connectivity index (χ2v) is 9.22. The molecule has 1 saturated carbocycles. The predicted octanol–water partition coefficient (Wildman–Crippen LogP) is 3.50. The van der Waals surface area contributed by atoms with Crippen molar-refractivity contribution in [2.75, 3.05) is 13.1 Å². The Morgan fingerprint density at radius 1 is 1.12 bits per heavy atom. The van der Waals surface area contributed by atoms with Gasteiger partial charge in [-0.15, -0.1) is 0 Å². The highest BCUT2D eigenvalue weighted by atomic mass is 16.2. The molecule has 7 nitrogen and oxygen atoms in total. The summed E-state index contributed by atoms with van der Waals surface area (Å²) >= 11 is 0. The van der Waals surface area contributed by atoms with E-state index in [2.05, 4.69) is 9.97 Å². The Labute approximate surface area is 185 Å². The normalized spacial score (nSPS) is 19.1. The standard InChI is InChI=1S/C25H27N5O2/c31-23(13-18-14-27-21-7-2-1-6-20(18)21)28-12-4-5-19(16-28)30-24-22(8-3-11-26-24)29(25(30)32)15-17-9-10-17/h1-3,6-8,11,14,17,19,27H,4-5,9-10,12-13,15-16H2/t19-/m0/s1. The van der Waals surface area contributed by atoms with Crippen LogP contribution in [0.2, 0.25) is 0 Å². The third-order valence-electron chi connectivity index (χ3n) is 6.99. The van der Waals surface area contributed by atoms with Crippen molar-refractivity contribution < 1.29 is 4.79 Å². The van der Waals surface area contributed by atoms with E-state index in [1.807, 2.05) is 56.6 Å². The number of nitrogens with one attached hydrogen (secondary N) is 1. The fourth-order valence-corrected chi connectivity index (χ4v) is 5.12. The van der Waals surface area contributed by atoms with Crippen LogP contribution in [0.1, 0.15) is 37.3 Å². The molecular weight excluding hydrogens is 402 g/mol. The van der Waals surface area contributed by atoms with Crippen molar-refractivity contribution in [3.8, 4) is 0 Å². The number of rotatable bonds is 5. The number of pyridine rings is 1. The van der Waals surface area contributed by atoms with Crippen molar-refractivity contribution in [1.29, 1.82) is 0 Å². The van der Waals surface area contributed by atoms with Crippen LogP contribution in [0, 0.1) is 5.92 Å². The second kappa shape index (κ2) is 7.65. The molecule has 1 aliphatic carbocycles. The maximum atomic E-state index is 13.4. The predicted molar refractivity (Wildman–Crippen MR) is 124 cm³/mol. The average Bonchev–Trinajstić information content (AvgIpc) is 3.50. The van der Waals surface area contributed by atoms with E-state index in [-0.39, 0.29) is 17.6 Å². The van der Waals surface area contributed by atoms with E-state index in [9.17, 15) is 9.59 Å². The second-order valence-electron chi connectivity index (χ2n) is 9.22. The first-order chi connectivity index (χ1) is 15.7. The molecule has 4 heterocycles. The van der Waals surface area contributed by atoms with Crippen molar-refractivity contribution in [3.05, 3.63) is 64.8 Å². The lowest BCUT2D eigenvalue weighted by molar-refractivity contribution is -0.132. The van der Waals surface area contributed by atoms with E-state index in [4.69, 9.17) is 0 Å². The fourth-order valence-electron chi connectivity index (χ4n) is 5.12. The van der Waals surface area contributed by atoms with Crippen molar-refractivity contribution >= 4 is 28.0 Å². The number of para-hydroxylation sites is 1. The number of imidazole rings is 1. The number of hydrogen-bond acceptors (Lipinski definition) is 3. The summed E-state index contributed by atoms with van der Waals surface area (Å²) in [5.74, 6) is 0.717. The first-order valence-corrected chi connectivity index (χ1v) is 11.6. The highest BCUT2D eigenvalue weighted by Gasteiger charge is 2.30. The molecule has 7 heteroatoms. The largest absolute Gasteiger partial charge is 0.361 e. The topological polar surface area (TPSA) is 75.9 Å². The maximum absolute atomic E-state index is 13.4. The van der Waals surface area contributed by atoms with Gasteiger partial charge in [-0.05, 0) is 55.4 Å². The van der Waals surface area contributed by atoms with Gasteiger partial charge in [0, 0.05) is 42.9 Å². The number of piperidine rings is 1.